The van der Waals surface area contributed by atoms with Crippen LogP contribution in [-0.4, -0.2) is 16.8 Å². The Balaban J connectivity index is 2.49. The Morgan fingerprint density at radius 2 is 2.46 bits per heavy atom. The van der Waals surface area contributed by atoms with Crippen LogP contribution in [0.1, 0.15) is 23.5 Å². The van der Waals surface area contributed by atoms with Crippen molar-refractivity contribution in [1.29, 1.82) is 0 Å². The number of halogens is 1. The molecule has 1 amide bonds. The van der Waals surface area contributed by atoms with Gasteiger partial charge in [-0.1, -0.05) is 25.4 Å². The van der Waals surface area contributed by atoms with E-state index in [2.05, 4.69) is 9.69 Å². The van der Waals surface area contributed by atoms with E-state index in [0.29, 0.717) is 22.5 Å². The molecule has 72 valence electrons. The summed E-state index contributed by atoms with van der Waals surface area (Å²) in [5, 5.41) is 3.16. The number of carbonyl (C=O) groups is 1. The maximum atomic E-state index is 11.4. The molecule has 0 bridgehead atoms. The highest BCUT2D eigenvalue weighted by Gasteiger charge is 2.09. The molecule has 0 radical (unpaired) electrons. The summed E-state index contributed by atoms with van der Waals surface area (Å²) < 4.78 is 3.81. The maximum Gasteiger partial charge on any atom is 0.263 e. The van der Waals surface area contributed by atoms with Gasteiger partial charge in [0.1, 0.15) is 10.0 Å². The van der Waals surface area contributed by atoms with E-state index in [0.717, 1.165) is 11.5 Å². The summed E-state index contributed by atoms with van der Waals surface area (Å²) in [7, 11) is 0. The zero-order valence-corrected chi connectivity index (χ0v) is 9.08. The Morgan fingerprint density at radius 3 is 2.92 bits per heavy atom. The Bertz CT molecular complexity index is 298. The van der Waals surface area contributed by atoms with Crippen LogP contribution in [0.5, 0.6) is 0 Å². The number of nitrogens with one attached hydrogen (secondary N) is 1. The first-order chi connectivity index (χ1) is 6.09. The van der Waals surface area contributed by atoms with E-state index in [1.165, 1.54) is 0 Å². The molecule has 13 heavy (non-hydrogen) atoms. The van der Waals surface area contributed by atoms with E-state index >= 15 is 0 Å². The van der Waals surface area contributed by atoms with Crippen LogP contribution in [0, 0.1) is 5.92 Å². The summed E-state index contributed by atoms with van der Waals surface area (Å²) in [4.78, 5) is 11.9. The lowest BCUT2D eigenvalue weighted by molar-refractivity contribution is 0.0953. The lowest BCUT2D eigenvalue weighted by Crippen LogP contribution is -2.26. The molecule has 0 fully saturated rings. The average molecular weight is 219 g/mol. The number of hydrogen-bond acceptors (Lipinski definition) is 3. The predicted octanol–water partition coefficient (Wildman–Crippen LogP) is 2.18. The summed E-state index contributed by atoms with van der Waals surface area (Å²) in [6.45, 7) is 4.76. The van der Waals surface area contributed by atoms with Gasteiger partial charge in [-0.25, -0.2) is 0 Å². The van der Waals surface area contributed by atoms with E-state index in [1.807, 2.05) is 13.8 Å². The molecule has 1 N–H and O–H groups in total. The van der Waals surface area contributed by atoms with Crippen LogP contribution in [0.15, 0.2) is 6.07 Å². The predicted molar refractivity (Wildman–Crippen MR) is 54.3 cm³/mol. The molecule has 0 aromatic carbocycles. The van der Waals surface area contributed by atoms with Gasteiger partial charge in [-0.3, -0.25) is 4.79 Å². The van der Waals surface area contributed by atoms with Crippen LogP contribution in [-0.2, 0) is 0 Å². The lowest BCUT2D eigenvalue weighted by Gasteiger charge is -2.04. The van der Waals surface area contributed by atoms with Crippen molar-refractivity contribution in [2.45, 2.75) is 13.8 Å². The summed E-state index contributed by atoms with van der Waals surface area (Å²) in [5.41, 5.74) is 0. The Morgan fingerprint density at radius 1 is 1.77 bits per heavy atom. The van der Waals surface area contributed by atoms with E-state index in [-0.39, 0.29) is 5.91 Å². The Labute approximate surface area is 86.3 Å². The molecular formula is C8H11ClN2OS. The molecule has 1 aromatic heterocycles. The molecule has 0 spiro atoms. The molecule has 1 aromatic rings. The highest BCUT2D eigenvalue weighted by Crippen LogP contribution is 2.13. The van der Waals surface area contributed by atoms with Crippen molar-refractivity contribution in [3.8, 4) is 0 Å². The van der Waals surface area contributed by atoms with Crippen LogP contribution >= 0.6 is 23.1 Å². The van der Waals surface area contributed by atoms with Crippen molar-refractivity contribution in [2.24, 2.45) is 5.92 Å². The zero-order valence-electron chi connectivity index (χ0n) is 7.50. The number of carbonyl (C=O) groups excluding carboxylic acids is 1. The Hall–Kier alpha value is -0.610. The second-order valence-corrected chi connectivity index (χ2v) is 4.31. The molecular weight excluding hydrogens is 208 g/mol. The smallest absolute Gasteiger partial charge is 0.263 e. The first-order valence-corrected chi connectivity index (χ1v) is 5.15. The number of aromatic nitrogens is 1. The second kappa shape index (κ2) is 4.58. The fourth-order valence-electron chi connectivity index (χ4n) is 0.745. The van der Waals surface area contributed by atoms with Crippen LogP contribution < -0.4 is 5.32 Å². The van der Waals surface area contributed by atoms with Crippen LogP contribution in [0.2, 0.25) is 5.15 Å². The molecule has 0 aliphatic rings. The number of hydrogen-bond donors (Lipinski definition) is 1. The Kier molecular flexibility index (Phi) is 3.69. The average Bonchev–Trinajstić information content (AvgIpc) is 2.47. The van der Waals surface area contributed by atoms with Gasteiger partial charge in [0.15, 0.2) is 0 Å². The minimum Gasteiger partial charge on any atom is -0.351 e. The summed E-state index contributed by atoms with van der Waals surface area (Å²) in [6.07, 6.45) is 0. The van der Waals surface area contributed by atoms with E-state index in [9.17, 15) is 4.79 Å². The quantitative estimate of drug-likeness (QED) is 0.845. The number of rotatable bonds is 3. The third-order valence-electron chi connectivity index (χ3n) is 1.38. The molecule has 0 saturated carbocycles. The fraction of sp³-hybridized carbons (Fsp3) is 0.500. The van der Waals surface area contributed by atoms with Gasteiger partial charge in [-0.05, 0) is 17.5 Å². The molecule has 1 rings (SSSR count). The summed E-state index contributed by atoms with van der Waals surface area (Å²) in [6, 6.07) is 1.57. The van der Waals surface area contributed by atoms with E-state index in [1.54, 1.807) is 6.07 Å². The highest BCUT2D eigenvalue weighted by atomic mass is 35.5. The van der Waals surface area contributed by atoms with Crippen molar-refractivity contribution < 1.29 is 4.79 Å². The van der Waals surface area contributed by atoms with Crippen LogP contribution in [0.4, 0.5) is 0 Å². The van der Waals surface area contributed by atoms with Gasteiger partial charge in [-0.2, -0.15) is 4.37 Å². The normalized spacial score (nSPS) is 10.5. The van der Waals surface area contributed by atoms with Gasteiger partial charge in [0.2, 0.25) is 0 Å². The second-order valence-electron chi connectivity index (χ2n) is 3.12. The van der Waals surface area contributed by atoms with Gasteiger partial charge in [0.05, 0.1) is 0 Å². The highest BCUT2D eigenvalue weighted by molar-refractivity contribution is 7.08. The van der Waals surface area contributed by atoms with Gasteiger partial charge >= 0.3 is 0 Å². The lowest BCUT2D eigenvalue weighted by atomic mass is 10.2. The van der Waals surface area contributed by atoms with E-state index in [4.69, 9.17) is 11.6 Å². The van der Waals surface area contributed by atoms with Crippen LogP contribution in [0.3, 0.4) is 0 Å². The van der Waals surface area contributed by atoms with Gasteiger partial charge in [0.25, 0.3) is 5.91 Å². The first-order valence-electron chi connectivity index (χ1n) is 4.00. The van der Waals surface area contributed by atoms with Crippen molar-refractivity contribution in [3.05, 3.63) is 16.1 Å². The van der Waals surface area contributed by atoms with Gasteiger partial charge in [-0.15, -0.1) is 0 Å². The van der Waals surface area contributed by atoms with Crippen LogP contribution in [0.25, 0.3) is 0 Å². The fourth-order valence-corrected chi connectivity index (χ4v) is 1.58. The third kappa shape index (κ3) is 3.32. The molecule has 0 atom stereocenters. The molecule has 1 heterocycles. The zero-order chi connectivity index (χ0) is 9.84. The SMILES string of the molecule is CC(C)CNC(=O)c1cc(Cl)ns1. The van der Waals surface area contributed by atoms with E-state index < -0.39 is 0 Å². The summed E-state index contributed by atoms with van der Waals surface area (Å²) in [5.74, 6) is 0.352. The molecule has 0 saturated heterocycles. The molecule has 3 nitrogen and oxygen atoms in total. The molecule has 5 heteroatoms. The van der Waals surface area contributed by atoms with Crippen molar-refractivity contribution in [1.82, 2.24) is 9.69 Å². The molecule has 0 unspecified atom stereocenters. The third-order valence-corrected chi connectivity index (χ3v) is 2.46. The first kappa shape index (κ1) is 10.5. The van der Waals surface area contributed by atoms with Gasteiger partial charge < -0.3 is 5.32 Å². The maximum absolute atomic E-state index is 11.4. The topological polar surface area (TPSA) is 42.0 Å². The largest absolute Gasteiger partial charge is 0.351 e. The van der Waals surface area contributed by atoms with Gasteiger partial charge in [0, 0.05) is 12.6 Å². The molecule has 0 aliphatic heterocycles. The minimum absolute atomic E-state index is 0.0990. The standard InChI is InChI=1S/C8H11ClN2OS/c1-5(2)4-10-8(12)6-3-7(9)11-13-6/h3,5H,4H2,1-2H3,(H,10,12). The minimum atomic E-state index is -0.0990. The van der Waals surface area contributed by atoms with Crippen molar-refractivity contribution in [2.75, 3.05) is 6.54 Å². The number of amides is 1. The molecule has 0 aliphatic carbocycles. The monoisotopic (exact) mass is 218 g/mol. The number of nitrogens with zero attached hydrogens (tertiary/aromatic N) is 1. The van der Waals surface area contributed by atoms with Crippen molar-refractivity contribution in [3.63, 3.8) is 0 Å². The summed E-state index contributed by atoms with van der Waals surface area (Å²) >= 11 is 6.70. The van der Waals surface area contributed by atoms with Crippen molar-refractivity contribution >= 4 is 29.0 Å².